The van der Waals surface area contributed by atoms with Crippen LogP contribution in [0.25, 0.3) is 0 Å². The topological polar surface area (TPSA) is 17.8 Å². The second kappa shape index (κ2) is 5.42. The van der Waals surface area contributed by atoms with Crippen molar-refractivity contribution < 1.29 is 0 Å². The largest absolute Gasteiger partial charge is 0.264 e. The van der Waals surface area contributed by atoms with Crippen molar-refractivity contribution in [2.24, 2.45) is 0 Å². The molecule has 0 saturated heterocycles. The molecule has 0 aliphatic rings. The van der Waals surface area contributed by atoms with E-state index in [0.29, 0.717) is 11.6 Å². The molecule has 0 saturated carbocycles. The van der Waals surface area contributed by atoms with Crippen LogP contribution in [-0.4, -0.2) is 9.78 Å². The van der Waals surface area contributed by atoms with Crippen LogP contribution in [0.4, 0.5) is 0 Å². The maximum Gasteiger partial charge on any atom is 0.0778 e. The van der Waals surface area contributed by atoms with E-state index in [4.69, 9.17) is 23.2 Å². The number of allylic oxidation sites excluding steroid dienone is 1. The molecule has 1 aromatic heterocycles. The zero-order chi connectivity index (χ0) is 10.6. The maximum atomic E-state index is 5.85. The fourth-order valence-electron chi connectivity index (χ4n) is 1.29. The Morgan fingerprint density at radius 2 is 2.21 bits per heavy atom. The molecule has 2 nitrogen and oxygen atoms in total. The Hall–Kier alpha value is -0.470. The second-order valence-electron chi connectivity index (χ2n) is 3.05. The Morgan fingerprint density at radius 1 is 1.50 bits per heavy atom. The third kappa shape index (κ3) is 2.76. The molecule has 0 aliphatic carbocycles. The lowest BCUT2D eigenvalue weighted by atomic mass is 10.3. The van der Waals surface area contributed by atoms with Gasteiger partial charge in [0.25, 0.3) is 0 Å². The number of halogens is 2. The van der Waals surface area contributed by atoms with Gasteiger partial charge in [0.15, 0.2) is 0 Å². The number of aryl methyl sites for hydroxylation is 2. The van der Waals surface area contributed by atoms with E-state index < -0.39 is 0 Å². The minimum atomic E-state index is 0.564. The molecule has 1 rings (SSSR count). The number of hydrogen-bond acceptors (Lipinski definition) is 1. The Balaban J connectivity index is 2.89. The lowest BCUT2D eigenvalue weighted by Crippen LogP contribution is -2.04. The Morgan fingerprint density at radius 3 is 2.71 bits per heavy atom. The second-order valence-corrected chi connectivity index (χ2v) is 3.75. The lowest BCUT2D eigenvalue weighted by molar-refractivity contribution is 0.647. The molecule has 0 spiro atoms. The van der Waals surface area contributed by atoms with Gasteiger partial charge in [0, 0.05) is 11.2 Å². The summed E-state index contributed by atoms with van der Waals surface area (Å²) in [4.78, 5) is 0. The van der Waals surface area contributed by atoms with Crippen LogP contribution in [0, 0.1) is 0 Å². The van der Waals surface area contributed by atoms with Crippen LogP contribution in [0.5, 0.6) is 0 Å². The predicted molar refractivity (Wildman–Crippen MR) is 60.8 cm³/mol. The summed E-state index contributed by atoms with van der Waals surface area (Å²) in [6, 6.07) is 2.11. The molecule has 0 unspecified atom stereocenters. The van der Waals surface area contributed by atoms with Gasteiger partial charge in [0.1, 0.15) is 0 Å². The molecule has 0 radical (unpaired) electrons. The van der Waals surface area contributed by atoms with Gasteiger partial charge in [-0.25, -0.2) is 0 Å². The highest BCUT2D eigenvalue weighted by molar-refractivity contribution is 6.36. The van der Waals surface area contributed by atoms with Gasteiger partial charge in [-0.3, -0.25) is 4.68 Å². The van der Waals surface area contributed by atoms with Gasteiger partial charge >= 0.3 is 0 Å². The molecule has 14 heavy (non-hydrogen) atoms. The van der Waals surface area contributed by atoms with E-state index in [9.17, 15) is 0 Å². The molecule has 0 amide bonds. The normalized spacial score (nSPS) is 12.1. The van der Waals surface area contributed by atoms with E-state index in [1.807, 2.05) is 4.68 Å². The van der Waals surface area contributed by atoms with Gasteiger partial charge in [-0.05, 0) is 18.9 Å². The van der Waals surface area contributed by atoms with E-state index in [2.05, 4.69) is 25.0 Å². The summed E-state index contributed by atoms with van der Waals surface area (Å²) in [6.45, 7) is 4.75. The van der Waals surface area contributed by atoms with Gasteiger partial charge in [-0.2, -0.15) is 5.10 Å². The quantitative estimate of drug-likeness (QED) is 0.779. The molecule has 0 bridgehead atoms. The monoisotopic (exact) mass is 232 g/mol. The van der Waals surface area contributed by atoms with E-state index in [1.54, 1.807) is 0 Å². The maximum absolute atomic E-state index is 5.85. The Labute approximate surface area is 94.5 Å². The van der Waals surface area contributed by atoms with Gasteiger partial charge in [-0.1, -0.05) is 37.0 Å². The molecule has 0 fully saturated rings. The average molecular weight is 233 g/mol. The van der Waals surface area contributed by atoms with E-state index >= 15 is 0 Å². The standard InChI is InChI=1S/C10H14Cl2N2/c1-3-9-5-10(4-2)14(13-9)7-8(12)6-11/h5-6H,3-4,7H2,1-2H3/b8-6-. The van der Waals surface area contributed by atoms with Crippen molar-refractivity contribution in [2.45, 2.75) is 33.2 Å². The number of nitrogens with zero attached hydrogens (tertiary/aromatic N) is 2. The van der Waals surface area contributed by atoms with Crippen LogP contribution in [-0.2, 0) is 19.4 Å². The molecule has 0 aliphatic heterocycles. The molecule has 0 aromatic carbocycles. The first kappa shape index (κ1) is 11.6. The summed E-state index contributed by atoms with van der Waals surface area (Å²) < 4.78 is 1.90. The third-order valence-corrected chi connectivity index (χ3v) is 2.66. The van der Waals surface area contributed by atoms with Gasteiger partial charge in [0.05, 0.1) is 17.3 Å². The summed E-state index contributed by atoms with van der Waals surface area (Å²) in [5, 5.41) is 5.02. The van der Waals surface area contributed by atoms with Crippen molar-refractivity contribution >= 4 is 23.2 Å². The van der Waals surface area contributed by atoms with Crippen molar-refractivity contribution in [1.29, 1.82) is 0 Å². The summed E-state index contributed by atoms with van der Waals surface area (Å²) in [5.41, 5.74) is 3.67. The SMILES string of the molecule is CCc1cc(CC)n(C/C(Cl)=C/Cl)n1. The third-order valence-electron chi connectivity index (χ3n) is 2.06. The number of hydrogen-bond donors (Lipinski definition) is 0. The number of rotatable bonds is 4. The minimum Gasteiger partial charge on any atom is -0.264 e. The zero-order valence-electron chi connectivity index (χ0n) is 8.43. The predicted octanol–water partition coefficient (Wildman–Crippen LogP) is 3.33. The van der Waals surface area contributed by atoms with Crippen LogP contribution in [0.3, 0.4) is 0 Å². The summed E-state index contributed by atoms with van der Waals surface area (Å²) in [6.07, 6.45) is 1.90. The van der Waals surface area contributed by atoms with Crippen LogP contribution in [0.1, 0.15) is 25.2 Å². The smallest absolute Gasteiger partial charge is 0.0778 e. The highest BCUT2D eigenvalue weighted by atomic mass is 35.5. The first-order chi connectivity index (χ1) is 6.71. The minimum absolute atomic E-state index is 0.564. The highest BCUT2D eigenvalue weighted by Crippen LogP contribution is 2.12. The molecular formula is C10H14Cl2N2. The van der Waals surface area contributed by atoms with E-state index in [1.165, 1.54) is 11.2 Å². The van der Waals surface area contributed by atoms with Crippen LogP contribution >= 0.6 is 23.2 Å². The first-order valence-electron chi connectivity index (χ1n) is 4.71. The Kier molecular flexibility index (Phi) is 4.49. The van der Waals surface area contributed by atoms with Gasteiger partial charge in [-0.15, -0.1) is 0 Å². The highest BCUT2D eigenvalue weighted by Gasteiger charge is 2.05. The summed E-state index contributed by atoms with van der Waals surface area (Å²) >= 11 is 11.4. The van der Waals surface area contributed by atoms with Crippen molar-refractivity contribution in [3.05, 3.63) is 28.0 Å². The molecular weight excluding hydrogens is 219 g/mol. The Bertz CT molecular complexity index is 329. The fourth-order valence-corrected chi connectivity index (χ4v) is 1.47. The van der Waals surface area contributed by atoms with E-state index in [-0.39, 0.29) is 0 Å². The van der Waals surface area contributed by atoms with Crippen molar-refractivity contribution in [2.75, 3.05) is 0 Å². The van der Waals surface area contributed by atoms with Crippen LogP contribution in [0.2, 0.25) is 0 Å². The average Bonchev–Trinajstić information content (AvgIpc) is 2.60. The van der Waals surface area contributed by atoms with Crippen molar-refractivity contribution in [1.82, 2.24) is 9.78 Å². The molecule has 0 N–H and O–H groups in total. The number of aromatic nitrogens is 2. The molecule has 1 heterocycles. The lowest BCUT2D eigenvalue weighted by Gasteiger charge is -2.03. The molecule has 1 aromatic rings. The molecule has 78 valence electrons. The molecule has 4 heteroatoms. The first-order valence-corrected chi connectivity index (χ1v) is 5.53. The van der Waals surface area contributed by atoms with Gasteiger partial charge < -0.3 is 0 Å². The van der Waals surface area contributed by atoms with Crippen LogP contribution in [0.15, 0.2) is 16.6 Å². The van der Waals surface area contributed by atoms with Gasteiger partial charge in [0.2, 0.25) is 0 Å². The summed E-state index contributed by atoms with van der Waals surface area (Å²) in [5.74, 6) is 0. The van der Waals surface area contributed by atoms with Crippen LogP contribution < -0.4 is 0 Å². The summed E-state index contributed by atoms with van der Waals surface area (Å²) in [7, 11) is 0. The molecule has 0 atom stereocenters. The zero-order valence-corrected chi connectivity index (χ0v) is 9.94. The van der Waals surface area contributed by atoms with Crippen molar-refractivity contribution in [3.8, 4) is 0 Å². The fraction of sp³-hybridized carbons (Fsp3) is 0.500. The van der Waals surface area contributed by atoms with Crippen molar-refractivity contribution in [3.63, 3.8) is 0 Å². The van der Waals surface area contributed by atoms with E-state index in [0.717, 1.165) is 18.5 Å².